The van der Waals surface area contributed by atoms with Gasteiger partial charge in [-0.3, -0.25) is 0 Å². The van der Waals surface area contributed by atoms with Crippen molar-refractivity contribution in [2.45, 2.75) is 19.5 Å². The summed E-state index contributed by atoms with van der Waals surface area (Å²) in [4.78, 5) is 8.13. The van der Waals surface area contributed by atoms with Crippen LogP contribution < -0.4 is 11.3 Å². The lowest BCUT2D eigenvalue weighted by Gasteiger charge is -2.06. The first-order valence-electron chi connectivity index (χ1n) is 5.42. The van der Waals surface area contributed by atoms with Crippen LogP contribution in [0.15, 0.2) is 18.3 Å². The molecule has 0 aromatic carbocycles. The fourth-order valence-electron chi connectivity index (χ4n) is 1.44. The summed E-state index contributed by atoms with van der Waals surface area (Å²) in [6.07, 6.45) is -2.78. The zero-order valence-electron chi connectivity index (χ0n) is 9.94. The molecule has 2 aromatic heterocycles. The third-order valence-corrected chi connectivity index (χ3v) is 2.34. The Morgan fingerprint density at radius 3 is 2.63 bits per heavy atom. The van der Waals surface area contributed by atoms with Crippen molar-refractivity contribution in [1.82, 2.24) is 19.7 Å². The summed E-state index contributed by atoms with van der Waals surface area (Å²) in [5.74, 6) is 6.23. The van der Waals surface area contributed by atoms with E-state index in [1.165, 1.54) is 12.3 Å². The lowest BCUT2D eigenvalue weighted by Crippen LogP contribution is -2.13. The van der Waals surface area contributed by atoms with Gasteiger partial charge >= 0.3 is 6.18 Å². The lowest BCUT2D eigenvalue weighted by atomic mass is 10.4. The van der Waals surface area contributed by atoms with E-state index >= 15 is 0 Å². The second-order valence-electron chi connectivity index (χ2n) is 3.67. The van der Waals surface area contributed by atoms with Gasteiger partial charge in [0, 0.05) is 18.7 Å². The van der Waals surface area contributed by atoms with Crippen molar-refractivity contribution in [2.75, 3.05) is 5.43 Å². The van der Waals surface area contributed by atoms with Gasteiger partial charge in [0.2, 0.25) is 0 Å². The number of rotatable bonds is 3. The van der Waals surface area contributed by atoms with Crippen LogP contribution in [0.3, 0.4) is 0 Å². The van der Waals surface area contributed by atoms with Gasteiger partial charge in [-0.15, -0.1) is 0 Å². The second-order valence-corrected chi connectivity index (χ2v) is 3.67. The molecule has 9 heteroatoms. The number of hydrogen-bond donors (Lipinski definition) is 2. The number of nitrogen functional groups attached to an aromatic ring is 1. The Hall–Kier alpha value is -2.16. The van der Waals surface area contributed by atoms with Crippen LogP contribution >= 0.6 is 0 Å². The smallest absolute Gasteiger partial charge is 0.308 e. The first-order valence-corrected chi connectivity index (χ1v) is 5.42. The summed E-state index contributed by atoms with van der Waals surface area (Å²) in [6.45, 7) is 1.82. The minimum atomic E-state index is -4.49. The van der Waals surface area contributed by atoms with E-state index in [4.69, 9.17) is 5.84 Å². The molecule has 102 valence electrons. The number of aromatic nitrogens is 4. The quantitative estimate of drug-likeness (QED) is 0.654. The van der Waals surface area contributed by atoms with Crippen molar-refractivity contribution >= 4 is 5.82 Å². The van der Waals surface area contributed by atoms with Gasteiger partial charge in [-0.1, -0.05) is 6.92 Å². The Morgan fingerprint density at radius 1 is 1.37 bits per heavy atom. The minimum absolute atomic E-state index is 0.218. The Morgan fingerprint density at radius 2 is 2.11 bits per heavy atom. The molecule has 0 fully saturated rings. The number of hydrogen-bond acceptors (Lipinski definition) is 5. The van der Waals surface area contributed by atoms with Gasteiger partial charge in [-0.05, 0) is 6.07 Å². The van der Waals surface area contributed by atoms with E-state index in [-0.39, 0.29) is 5.82 Å². The second kappa shape index (κ2) is 4.84. The van der Waals surface area contributed by atoms with Crippen LogP contribution in [0, 0.1) is 0 Å². The molecular weight excluding hydrogens is 261 g/mol. The maximum Gasteiger partial charge on any atom is 0.435 e. The zero-order valence-corrected chi connectivity index (χ0v) is 9.94. The third-order valence-electron chi connectivity index (χ3n) is 2.34. The van der Waals surface area contributed by atoms with Crippen molar-refractivity contribution in [3.05, 3.63) is 29.8 Å². The standard InChI is InChI=1S/C10H11F3N6/c1-2-7-15-8(17-14)5-9(16-7)19-4-3-6(18-19)10(11,12)13/h3-5H,2,14H2,1H3,(H,15,16,17). The van der Waals surface area contributed by atoms with Crippen molar-refractivity contribution in [3.63, 3.8) is 0 Å². The highest BCUT2D eigenvalue weighted by Gasteiger charge is 2.33. The summed E-state index contributed by atoms with van der Waals surface area (Å²) < 4.78 is 38.4. The number of anilines is 1. The molecule has 0 saturated carbocycles. The van der Waals surface area contributed by atoms with Gasteiger partial charge in [0.1, 0.15) is 11.6 Å². The molecule has 6 nitrogen and oxygen atoms in total. The number of alkyl halides is 3. The predicted octanol–water partition coefficient (Wildman–Crippen LogP) is 1.53. The summed E-state index contributed by atoms with van der Waals surface area (Å²) in [5.41, 5.74) is 1.35. The lowest BCUT2D eigenvalue weighted by molar-refractivity contribution is -0.141. The van der Waals surface area contributed by atoms with Crippen LogP contribution in [-0.2, 0) is 12.6 Å². The molecule has 0 radical (unpaired) electrons. The van der Waals surface area contributed by atoms with E-state index in [1.807, 2.05) is 6.92 Å². The Bertz CT molecular complexity index is 555. The van der Waals surface area contributed by atoms with E-state index in [2.05, 4.69) is 20.5 Å². The largest absolute Gasteiger partial charge is 0.435 e. The zero-order chi connectivity index (χ0) is 14.0. The van der Waals surface area contributed by atoms with Crippen LogP contribution in [0.5, 0.6) is 0 Å². The van der Waals surface area contributed by atoms with Crippen molar-refractivity contribution in [2.24, 2.45) is 5.84 Å². The molecule has 2 aromatic rings. The van der Waals surface area contributed by atoms with Crippen molar-refractivity contribution in [3.8, 4) is 5.82 Å². The molecule has 0 aliphatic rings. The van der Waals surface area contributed by atoms with Gasteiger partial charge in [0.15, 0.2) is 11.5 Å². The maximum atomic E-state index is 12.5. The first kappa shape index (κ1) is 13.3. The van der Waals surface area contributed by atoms with Gasteiger partial charge in [0.05, 0.1) is 0 Å². The fourth-order valence-corrected chi connectivity index (χ4v) is 1.44. The molecule has 0 unspecified atom stereocenters. The van der Waals surface area contributed by atoms with Crippen LogP contribution in [0.1, 0.15) is 18.4 Å². The average Bonchev–Trinajstić information content (AvgIpc) is 2.87. The normalized spacial score (nSPS) is 11.6. The SMILES string of the molecule is CCc1nc(NN)cc(-n2ccc(C(F)(F)F)n2)n1. The summed E-state index contributed by atoms with van der Waals surface area (Å²) >= 11 is 0. The highest BCUT2D eigenvalue weighted by atomic mass is 19.4. The molecule has 0 spiro atoms. The van der Waals surface area contributed by atoms with Crippen molar-refractivity contribution < 1.29 is 13.2 Å². The van der Waals surface area contributed by atoms with E-state index in [0.717, 1.165) is 10.7 Å². The summed E-state index contributed by atoms with van der Waals surface area (Å²) in [7, 11) is 0. The molecule has 2 heterocycles. The molecule has 19 heavy (non-hydrogen) atoms. The van der Waals surface area contributed by atoms with Crippen LogP contribution in [0.4, 0.5) is 19.0 Å². The van der Waals surface area contributed by atoms with Crippen LogP contribution in [-0.4, -0.2) is 19.7 Å². The number of aryl methyl sites for hydroxylation is 1. The number of nitrogens with two attached hydrogens (primary N) is 1. The molecule has 0 amide bonds. The molecule has 0 atom stereocenters. The highest BCUT2D eigenvalue weighted by Crippen LogP contribution is 2.27. The molecule has 0 bridgehead atoms. The summed E-state index contributed by atoms with van der Waals surface area (Å²) in [5, 5.41) is 3.44. The van der Waals surface area contributed by atoms with Gasteiger partial charge in [-0.25, -0.2) is 20.5 Å². The molecule has 0 saturated heterocycles. The molecule has 2 rings (SSSR count). The molecule has 0 aliphatic heterocycles. The Labute approximate surface area is 106 Å². The van der Waals surface area contributed by atoms with Crippen molar-refractivity contribution in [1.29, 1.82) is 0 Å². The van der Waals surface area contributed by atoms with Gasteiger partial charge in [-0.2, -0.15) is 18.3 Å². The maximum absolute atomic E-state index is 12.5. The number of nitrogens with one attached hydrogen (secondary N) is 1. The number of nitrogens with zero attached hydrogens (tertiary/aromatic N) is 4. The van der Waals surface area contributed by atoms with Crippen LogP contribution in [0.25, 0.3) is 5.82 Å². The Kier molecular flexibility index (Phi) is 3.38. The number of halogens is 3. The summed E-state index contributed by atoms with van der Waals surface area (Å²) in [6, 6.07) is 2.29. The molecule has 0 aliphatic carbocycles. The van der Waals surface area contributed by atoms with E-state index in [0.29, 0.717) is 18.1 Å². The van der Waals surface area contributed by atoms with Crippen LogP contribution in [0.2, 0.25) is 0 Å². The van der Waals surface area contributed by atoms with Gasteiger partial charge in [0.25, 0.3) is 0 Å². The van der Waals surface area contributed by atoms with Gasteiger partial charge < -0.3 is 5.43 Å². The highest BCUT2D eigenvalue weighted by molar-refractivity contribution is 5.40. The first-order chi connectivity index (χ1) is 8.94. The monoisotopic (exact) mass is 272 g/mol. The topological polar surface area (TPSA) is 81.6 Å². The minimum Gasteiger partial charge on any atom is -0.308 e. The Balaban J connectivity index is 2.43. The molecular formula is C10H11F3N6. The third kappa shape index (κ3) is 2.81. The average molecular weight is 272 g/mol. The number of hydrazine groups is 1. The van der Waals surface area contributed by atoms with E-state index in [1.54, 1.807) is 0 Å². The fraction of sp³-hybridized carbons (Fsp3) is 0.300. The molecule has 3 N–H and O–H groups in total. The van der Waals surface area contributed by atoms with E-state index in [9.17, 15) is 13.2 Å². The van der Waals surface area contributed by atoms with E-state index < -0.39 is 11.9 Å². The predicted molar refractivity (Wildman–Crippen MR) is 61.3 cm³/mol.